The van der Waals surface area contributed by atoms with Crippen LogP contribution in [0.25, 0.3) is 0 Å². The molecular weight excluding hydrogens is 298 g/mol. The van der Waals surface area contributed by atoms with Gasteiger partial charge in [0.15, 0.2) is 0 Å². The number of nitrogens with zero attached hydrogens (tertiary/aromatic N) is 2. The van der Waals surface area contributed by atoms with Crippen molar-refractivity contribution in [3.05, 3.63) is 0 Å². The van der Waals surface area contributed by atoms with E-state index >= 15 is 0 Å². The lowest BCUT2D eigenvalue weighted by Gasteiger charge is -2.35. The zero-order chi connectivity index (χ0) is 14.3. The summed E-state index contributed by atoms with van der Waals surface area (Å²) in [6, 6.07) is 0. The van der Waals surface area contributed by atoms with Crippen LogP contribution in [0.15, 0.2) is 0 Å². The lowest BCUT2D eigenvalue weighted by Crippen LogP contribution is -2.42. The first kappa shape index (κ1) is 18.5. The molecule has 3 aliphatic rings. The van der Waals surface area contributed by atoms with Gasteiger partial charge in [-0.1, -0.05) is 0 Å². The summed E-state index contributed by atoms with van der Waals surface area (Å²) in [7, 11) is 0. The van der Waals surface area contributed by atoms with Crippen LogP contribution in [-0.4, -0.2) is 74.9 Å². The molecular formula is C17H34ClN3O. The van der Waals surface area contributed by atoms with Crippen LogP contribution in [0.4, 0.5) is 0 Å². The summed E-state index contributed by atoms with van der Waals surface area (Å²) in [5.41, 5.74) is 0. The Balaban J connectivity index is 0.00000176. The first-order chi connectivity index (χ1) is 10.4. The van der Waals surface area contributed by atoms with Crippen molar-refractivity contribution in [2.45, 2.75) is 44.6 Å². The number of halogens is 1. The largest absolute Gasteiger partial charge is 0.377 e. The van der Waals surface area contributed by atoms with Gasteiger partial charge in [0.2, 0.25) is 0 Å². The van der Waals surface area contributed by atoms with Crippen LogP contribution in [-0.2, 0) is 4.74 Å². The fourth-order valence-electron chi connectivity index (χ4n) is 4.04. The maximum atomic E-state index is 6.10. The second kappa shape index (κ2) is 10.1. The topological polar surface area (TPSA) is 27.7 Å². The third-order valence-corrected chi connectivity index (χ3v) is 5.47. The van der Waals surface area contributed by atoms with Gasteiger partial charge in [0.05, 0.1) is 12.7 Å². The summed E-state index contributed by atoms with van der Waals surface area (Å²) in [6.07, 6.45) is 8.51. The summed E-state index contributed by atoms with van der Waals surface area (Å²) in [5.74, 6) is 0.930. The van der Waals surface area contributed by atoms with Crippen LogP contribution in [0, 0.1) is 5.92 Å². The smallest absolute Gasteiger partial charge is 0.0600 e. The van der Waals surface area contributed by atoms with E-state index in [4.69, 9.17) is 4.74 Å². The molecule has 0 bridgehead atoms. The zero-order valence-electron chi connectivity index (χ0n) is 14.0. The van der Waals surface area contributed by atoms with Gasteiger partial charge < -0.3 is 19.9 Å². The van der Waals surface area contributed by atoms with Crippen molar-refractivity contribution in [3.63, 3.8) is 0 Å². The molecule has 0 amide bonds. The van der Waals surface area contributed by atoms with Gasteiger partial charge in [0.25, 0.3) is 0 Å². The van der Waals surface area contributed by atoms with Gasteiger partial charge in [-0.25, -0.2) is 0 Å². The Bertz CT molecular complexity index is 286. The van der Waals surface area contributed by atoms with E-state index in [1.807, 2.05) is 0 Å². The van der Waals surface area contributed by atoms with Crippen molar-refractivity contribution >= 4 is 12.4 Å². The second-order valence-electron chi connectivity index (χ2n) is 7.11. The molecule has 130 valence electrons. The van der Waals surface area contributed by atoms with Crippen LogP contribution < -0.4 is 5.32 Å². The molecule has 0 aromatic rings. The van der Waals surface area contributed by atoms with E-state index in [1.165, 1.54) is 84.3 Å². The molecule has 0 aromatic carbocycles. The second-order valence-corrected chi connectivity index (χ2v) is 7.11. The van der Waals surface area contributed by atoms with E-state index in [0.29, 0.717) is 6.10 Å². The summed E-state index contributed by atoms with van der Waals surface area (Å²) in [5, 5.41) is 3.46. The van der Waals surface area contributed by atoms with Gasteiger partial charge in [-0.15, -0.1) is 12.4 Å². The van der Waals surface area contributed by atoms with E-state index < -0.39 is 0 Å². The zero-order valence-corrected chi connectivity index (χ0v) is 14.8. The maximum Gasteiger partial charge on any atom is 0.0600 e. The number of nitrogens with one attached hydrogen (secondary N) is 1. The molecule has 0 spiro atoms. The number of piperidine rings is 2. The normalized spacial score (nSPS) is 26.2. The maximum absolute atomic E-state index is 6.10. The van der Waals surface area contributed by atoms with Crippen LogP contribution in [0.3, 0.4) is 0 Å². The molecule has 3 rings (SSSR count). The SMILES string of the molecule is C1CCN(CCOC2CCN(CC3CCNCC3)CC2)C1.Cl. The third kappa shape index (κ3) is 5.97. The summed E-state index contributed by atoms with van der Waals surface area (Å²) < 4.78 is 6.10. The molecule has 4 nitrogen and oxygen atoms in total. The van der Waals surface area contributed by atoms with Gasteiger partial charge >= 0.3 is 0 Å². The van der Waals surface area contributed by atoms with Crippen molar-refractivity contribution in [2.24, 2.45) is 5.92 Å². The number of rotatable bonds is 6. The molecule has 0 aliphatic carbocycles. The number of ether oxygens (including phenoxy) is 1. The third-order valence-electron chi connectivity index (χ3n) is 5.47. The first-order valence-corrected chi connectivity index (χ1v) is 9.17. The molecule has 0 saturated carbocycles. The minimum Gasteiger partial charge on any atom is -0.377 e. The molecule has 3 fully saturated rings. The molecule has 1 N–H and O–H groups in total. The van der Waals surface area contributed by atoms with Crippen LogP contribution in [0.5, 0.6) is 0 Å². The number of hydrogen-bond acceptors (Lipinski definition) is 4. The molecule has 3 aliphatic heterocycles. The molecule has 0 aromatic heterocycles. The van der Waals surface area contributed by atoms with E-state index in [9.17, 15) is 0 Å². The first-order valence-electron chi connectivity index (χ1n) is 9.17. The predicted octanol–water partition coefficient (Wildman–Crippen LogP) is 1.98. The fraction of sp³-hybridized carbons (Fsp3) is 1.00. The van der Waals surface area contributed by atoms with E-state index in [-0.39, 0.29) is 12.4 Å². The van der Waals surface area contributed by atoms with Crippen LogP contribution in [0.1, 0.15) is 38.5 Å². The highest BCUT2D eigenvalue weighted by atomic mass is 35.5. The van der Waals surface area contributed by atoms with Gasteiger partial charge in [-0.2, -0.15) is 0 Å². The van der Waals surface area contributed by atoms with Crippen molar-refractivity contribution in [2.75, 3.05) is 59.0 Å². The molecule has 0 radical (unpaired) electrons. The average Bonchev–Trinajstić information content (AvgIpc) is 3.03. The minimum absolute atomic E-state index is 0. The Kier molecular flexibility index (Phi) is 8.47. The Labute approximate surface area is 142 Å². The van der Waals surface area contributed by atoms with Crippen LogP contribution in [0.2, 0.25) is 0 Å². The molecule has 3 heterocycles. The molecule has 22 heavy (non-hydrogen) atoms. The summed E-state index contributed by atoms with van der Waals surface area (Å²) in [6.45, 7) is 10.9. The van der Waals surface area contributed by atoms with Crippen molar-refractivity contribution in [1.82, 2.24) is 15.1 Å². The van der Waals surface area contributed by atoms with Crippen molar-refractivity contribution in [3.8, 4) is 0 Å². The quantitative estimate of drug-likeness (QED) is 0.805. The van der Waals surface area contributed by atoms with Crippen LogP contribution >= 0.6 is 12.4 Å². The van der Waals surface area contributed by atoms with E-state index in [1.54, 1.807) is 0 Å². The molecule has 0 atom stereocenters. The van der Waals surface area contributed by atoms with E-state index in [2.05, 4.69) is 15.1 Å². The van der Waals surface area contributed by atoms with Gasteiger partial charge in [0.1, 0.15) is 0 Å². The minimum atomic E-state index is 0. The Morgan fingerprint density at radius 1 is 0.864 bits per heavy atom. The lowest BCUT2D eigenvalue weighted by atomic mass is 9.96. The Hall–Kier alpha value is 0.130. The summed E-state index contributed by atoms with van der Waals surface area (Å²) in [4.78, 5) is 5.22. The lowest BCUT2D eigenvalue weighted by molar-refractivity contribution is -0.00300. The summed E-state index contributed by atoms with van der Waals surface area (Å²) >= 11 is 0. The highest BCUT2D eigenvalue weighted by Gasteiger charge is 2.23. The number of likely N-dealkylation sites (tertiary alicyclic amines) is 2. The van der Waals surface area contributed by atoms with Crippen molar-refractivity contribution in [1.29, 1.82) is 0 Å². The van der Waals surface area contributed by atoms with Gasteiger partial charge in [0, 0.05) is 26.2 Å². The monoisotopic (exact) mass is 331 g/mol. The standard InChI is InChI=1S/C17H33N3O.ClH/c1-2-10-19(9-1)13-14-21-17-5-11-20(12-6-17)15-16-3-7-18-8-4-16;/h16-18H,1-15H2;1H. The Morgan fingerprint density at radius 3 is 2.23 bits per heavy atom. The van der Waals surface area contributed by atoms with Gasteiger partial charge in [-0.3, -0.25) is 0 Å². The van der Waals surface area contributed by atoms with Gasteiger partial charge in [-0.05, 0) is 70.6 Å². The fourth-order valence-corrected chi connectivity index (χ4v) is 4.04. The predicted molar refractivity (Wildman–Crippen MR) is 93.9 cm³/mol. The average molecular weight is 332 g/mol. The van der Waals surface area contributed by atoms with Crippen molar-refractivity contribution < 1.29 is 4.74 Å². The number of hydrogen-bond donors (Lipinski definition) is 1. The molecule has 0 unspecified atom stereocenters. The Morgan fingerprint density at radius 2 is 1.55 bits per heavy atom. The highest BCUT2D eigenvalue weighted by Crippen LogP contribution is 2.19. The van der Waals surface area contributed by atoms with E-state index in [0.717, 1.165) is 19.1 Å². The molecule has 3 saturated heterocycles. The highest BCUT2D eigenvalue weighted by molar-refractivity contribution is 5.85. The molecule has 5 heteroatoms.